The molecule has 0 heterocycles. The molecular formula is C14H13FN4OS. The number of rotatable bonds is 2. The van der Waals surface area contributed by atoms with E-state index in [2.05, 4.69) is 10.7 Å². The number of carbonyl (C=O) groups excluding carboxylic acids is 1. The number of nitrogens with two attached hydrogens (primary N) is 1. The molecule has 108 valence electrons. The monoisotopic (exact) mass is 304 g/mol. The van der Waals surface area contributed by atoms with E-state index in [-0.39, 0.29) is 10.9 Å². The summed E-state index contributed by atoms with van der Waals surface area (Å²) in [6.07, 6.45) is 0. The topological polar surface area (TPSA) is 70.4 Å². The zero-order valence-electron chi connectivity index (χ0n) is 10.9. The fourth-order valence-electron chi connectivity index (χ4n) is 1.62. The van der Waals surface area contributed by atoms with Crippen molar-refractivity contribution in [1.29, 1.82) is 0 Å². The van der Waals surface area contributed by atoms with Crippen LogP contribution in [0.1, 0.15) is 0 Å². The van der Waals surface area contributed by atoms with Crippen molar-refractivity contribution in [3.8, 4) is 0 Å². The van der Waals surface area contributed by atoms with Crippen molar-refractivity contribution in [3.63, 3.8) is 0 Å². The van der Waals surface area contributed by atoms with E-state index >= 15 is 0 Å². The number of nitrogens with one attached hydrogen (secondary N) is 2. The minimum absolute atomic E-state index is 0.157. The van der Waals surface area contributed by atoms with E-state index in [9.17, 15) is 9.18 Å². The van der Waals surface area contributed by atoms with Crippen LogP contribution in [-0.4, -0.2) is 11.1 Å². The van der Waals surface area contributed by atoms with Crippen molar-refractivity contribution in [2.75, 3.05) is 10.3 Å². The second-order valence-electron chi connectivity index (χ2n) is 4.08. The molecule has 0 aromatic heterocycles. The number of nitrogens with zero attached hydrogens (tertiary/aromatic N) is 1. The summed E-state index contributed by atoms with van der Waals surface area (Å²) in [5, 5.41) is 4.10. The molecule has 0 aliphatic rings. The third kappa shape index (κ3) is 4.15. The van der Waals surface area contributed by atoms with Crippen LogP contribution in [0.2, 0.25) is 0 Å². The van der Waals surface area contributed by atoms with E-state index in [1.54, 1.807) is 24.3 Å². The second-order valence-corrected chi connectivity index (χ2v) is 4.49. The summed E-state index contributed by atoms with van der Waals surface area (Å²) < 4.78 is 12.8. The Morgan fingerprint density at radius 3 is 2.29 bits per heavy atom. The molecule has 21 heavy (non-hydrogen) atoms. The van der Waals surface area contributed by atoms with Crippen molar-refractivity contribution < 1.29 is 9.18 Å². The van der Waals surface area contributed by atoms with Crippen LogP contribution in [0, 0.1) is 5.82 Å². The van der Waals surface area contributed by atoms with Gasteiger partial charge in [0.1, 0.15) is 5.82 Å². The van der Waals surface area contributed by atoms with E-state index < -0.39 is 6.03 Å². The Morgan fingerprint density at radius 2 is 1.71 bits per heavy atom. The lowest BCUT2D eigenvalue weighted by Gasteiger charge is -2.23. The van der Waals surface area contributed by atoms with Gasteiger partial charge in [0.2, 0.25) is 0 Å². The van der Waals surface area contributed by atoms with E-state index in [0.717, 1.165) is 5.01 Å². The third-order valence-electron chi connectivity index (χ3n) is 2.55. The highest BCUT2D eigenvalue weighted by Gasteiger charge is 2.13. The predicted octanol–water partition coefficient (Wildman–Crippen LogP) is 2.61. The molecule has 2 amide bonds. The summed E-state index contributed by atoms with van der Waals surface area (Å²) in [7, 11) is 0. The number of amides is 2. The van der Waals surface area contributed by atoms with Crippen molar-refractivity contribution in [3.05, 3.63) is 60.4 Å². The lowest BCUT2D eigenvalue weighted by Crippen LogP contribution is -2.50. The maximum Gasteiger partial charge on any atom is 0.338 e. The van der Waals surface area contributed by atoms with Crippen LogP contribution in [0.3, 0.4) is 0 Å². The predicted molar refractivity (Wildman–Crippen MR) is 84.3 cm³/mol. The molecule has 0 bridgehead atoms. The molecular weight excluding hydrogens is 291 g/mol. The SMILES string of the molecule is NC(=O)N(NC(=S)Nc1ccc(F)cc1)c1ccccc1. The highest BCUT2D eigenvalue weighted by Crippen LogP contribution is 2.11. The summed E-state index contributed by atoms with van der Waals surface area (Å²) in [6.45, 7) is 0. The van der Waals surface area contributed by atoms with Crippen LogP contribution in [0.25, 0.3) is 0 Å². The van der Waals surface area contributed by atoms with Gasteiger partial charge in [-0.15, -0.1) is 0 Å². The number of halogens is 1. The van der Waals surface area contributed by atoms with Gasteiger partial charge in [0.25, 0.3) is 0 Å². The molecule has 0 saturated heterocycles. The Hall–Kier alpha value is -2.67. The first kappa shape index (κ1) is 14.7. The first-order chi connectivity index (χ1) is 10.1. The molecule has 2 aromatic carbocycles. The molecule has 0 fully saturated rings. The molecule has 0 saturated carbocycles. The minimum Gasteiger partial charge on any atom is -0.350 e. The van der Waals surface area contributed by atoms with Crippen LogP contribution in [-0.2, 0) is 0 Å². The lowest BCUT2D eigenvalue weighted by molar-refractivity contribution is 0.253. The molecule has 0 radical (unpaired) electrons. The quantitative estimate of drug-likeness (QED) is 0.589. The molecule has 0 spiro atoms. The van der Waals surface area contributed by atoms with Crippen molar-refractivity contribution in [2.24, 2.45) is 5.73 Å². The number of primary amides is 1. The summed E-state index contributed by atoms with van der Waals surface area (Å²) >= 11 is 5.10. The Kier molecular flexibility index (Phi) is 4.68. The third-order valence-corrected chi connectivity index (χ3v) is 2.74. The summed E-state index contributed by atoms with van der Waals surface area (Å²) in [5.74, 6) is -0.345. The number of para-hydroxylation sites is 1. The standard InChI is InChI=1S/C14H13FN4OS/c15-10-6-8-11(9-7-10)17-14(21)18-19(13(16)20)12-4-2-1-3-5-12/h1-9H,(H2,16,20)(H2,17,18,21). The van der Waals surface area contributed by atoms with Gasteiger partial charge in [-0.05, 0) is 48.6 Å². The zero-order chi connectivity index (χ0) is 15.2. The van der Waals surface area contributed by atoms with Gasteiger partial charge in [0.05, 0.1) is 5.69 Å². The van der Waals surface area contributed by atoms with Crippen LogP contribution in [0.4, 0.5) is 20.6 Å². The molecule has 0 unspecified atom stereocenters. The highest BCUT2D eigenvalue weighted by atomic mass is 32.1. The van der Waals surface area contributed by atoms with E-state index in [4.69, 9.17) is 18.0 Å². The lowest BCUT2D eigenvalue weighted by atomic mass is 10.3. The maximum absolute atomic E-state index is 12.8. The fourth-order valence-corrected chi connectivity index (χ4v) is 1.83. The molecule has 2 rings (SSSR count). The normalized spacial score (nSPS) is 9.76. The number of hydrogen-bond acceptors (Lipinski definition) is 2. The van der Waals surface area contributed by atoms with Crippen LogP contribution < -0.4 is 21.5 Å². The Balaban J connectivity index is 2.05. The van der Waals surface area contributed by atoms with Crippen molar-refractivity contribution in [2.45, 2.75) is 0 Å². The molecule has 2 aromatic rings. The van der Waals surface area contributed by atoms with E-state index in [1.165, 1.54) is 24.3 Å². The van der Waals surface area contributed by atoms with Crippen LogP contribution in [0.5, 0.6) is 0 Å². The molecule has 0 aliphatic heterocycles. The number of hydrogen-bond donors (Lipinski definition) is 3. The average Bonchev–Trinajstić information content (AvgIpc) is 2.48. The van der Waals surface area contributed by atoms with Gasteiger partial charge in [0, 0.05) is 5.69 Å². The summed E-state index contributed by atoms with van der Waals surface area (Å²) in [5.41, 5.74) is 9.14. The van der Waals surface area contributed by atoms with Crippen LogP contribution >= 0.6 is 12.2 Å². The molecule has 0 atom stereocenters. The smallest absolute Gasteiger partial charge is 0.338 e. The number of thiocarbonyl (C=S) groups is 1. The molecule has 5 nitrogen and oxygen atoms in total. The van der Waals surface area contributed by atoms with Crippen LogP contribution in [0.15, 0.2) is 54.6 Å². The van der Waals surface area contributed by atoms with Gasteiger partial charge < -0.3 is 11.1 Å². The Bertz CT molecular complexity index is 633. The van der Waals surface area contributed by atoms with Gasteiger partial charge >= 0.3 is 6.03 Å². The molecule has 4 N–H and O–H groups in total. The van der Waals surface area contributed by atoms with Gasteiger partial charge in [-0.1, -0.05) is 18.2 Å². The van der Waals surface area contributed by atoms with Gasteiger partial charge in [-0.3, -0.25) is 5.43 Å². The maximum atomic E-state index is 12.8. The second kappa shape index (κ2) is 6.67. The largest absolute Gasteiger partial charge is 0.350 e. The van der Waals surface area contributed by atoms with Gasteiger partial charge in [-0.2, -0.15) is 0 Å². The first-order valence-electron chi connectivity index (χ1n) is 6.04. The van der Waals surface area contributed by atoms with Gasteiger partial charge in [-0.25, -0.2) is 14.2 Å². The summed E-state index contributed by atoms with van der Waals surface area (Å²) in [4.78, 5) is 11.5. The Labute approximate surface area is 126 Å². The average molecular weight is 304 g/mol. The molecule has 7 heteroatoms. The number of urea groups is 1. The van der Waals surface area contributed by atoms with E-state index in [0.29, 0.717) is 11.4 Å². The van der Waals surface area contributed by atoms with E-state index in [1.807, 2.05) is 6.07 Å². The number of benzene rings is 2. The first-order valence-corrected chi connectivity index (χ1v) is 6.45. The number of carbonyl (C=O) groups is 1. The molecule has 0 aliphatic carbocycles. The zero-order valence-corrected chi connectivity index (χ0v) is 11.7. The van der Waals surface area contributed by atoms with Crippen molar-refractivity contribution in [1.82, 2.24) is 5.43 Å². The minimum atomic E-state index is -0.704. The highest BCUT2D eigenvalue weighted by molar-refractivity contribution is 7.80. The Morgan fingerprint density at radius 1 is 1.10 bits per heavy atom. The summed E-state index contributed by atoms with van der Waals surface area (Å²) in [6, 6.07) is 13.7. The van der Waals surface area contributed by atoms with Crippen molar-refractivity contribution >= 4 is 34.7 Å². The number of hydrazine groups is 1. The number of anilines is 2. The fraction of sp³-hybridized carbons (Fsp3) is 0. The van der Waals surface area contributed by atoms with Gasteiger partial charge in [0.15, 0.2) is 5.11 Å².